The molecule has 1 N–H and O–H groups in total. The molecule has 0 aliphatic carbocycles. The quantitative estimate of drug-likeness (QED) is 0.706. The first-order valence-electron chi connectivity index (χ1n) is 8.10. The van der Waals surface area contributed by atoms with E-state index in [0.29, 0.717) is 0 Å². The number of hydrogen-bond acceptors (Lipinski definition) is 2. The Bertz CT molecular complexity index is 877. The molecule has 1 atom stereocenters. The summed E-state index contributed by atoms with van der Waals surface area (Å²) in [7, 11) is 0. The molecular weight excluding hydrogens is 292 g/mol. The molecule has 0 saturated heterocycles. The Hall–Kier alpha value is -3.13. The summed E-state index contributed by atoms with van der Waals surface area (Å²) in [6, 6.07) is 28.1. The minimum Gasteiger partial charge on any atom is -0.366 e. The zero-order valence-electron chi connectivity index (χ0n) is 13.3. The molecular formula is C22H18N2. The Morgan fingerprint density at radius 2 is 1.33 bits per heavy atom. The largest absolute Gasteiger partial charge is 0.366 e. The van der Waals surface area contributed by atoms with E-state index in [0.717, 1.165) is 0 Å². The van der Waals surface area contributed by atoms with Crippen LogP contribution in [0.3, 0.4) is 0 Å². The summed E-state index contributed by atoms with van der Waals surface area (Å²) in [5.41, 5.74) is 6.18. The average molecular weight is 310 g/mol. The van der Waals surface area contributed by atoms with Crippen LogP contribution in [0.15, 0.2) is 96.1 Å². The highest BCUT2D eigenvalue weighted by molar-refractivity contribution is 5.73. The lowest BCUT2D eigenvalue weighted by molar-refractivity contribution is 0.790. The maximum Gasteiger partial charge on any atom is 0.0886 e. The van der Waals surface area contributed by atoms with E-state index < -0.39 is 0 Å². The molecule has 3 aromatic carbocycles. The van der Waals surface area contributed by atoms with E-state index >= 15 is 0 Å². The van der Waals surface area contributed by atoms with E-state index in [1.165, 1.54) is 27.8 Å². The Morgan fingerprint density at radius 1 is 0.667 bits per heavy atom. The number of hydrogen-bond donors (Lipinski definition) is 1. The maximum atomic E-state index is 4.04. The summed E-state index contributed by atoms with van der Waals surface area (Å²) in [6.45, 7) is 0. The molecule has 116 valence electrons. The van der Waals surface area contributed by atoms with Gasteiger partial charge in [0.2, 0.25) is 0 Å². The van der Waals surface area contributed by atoms with Crippen molar-refractivity contribution in [2.75, 3.05) is 0 Å². The minimum absolute atomic E-state index is 0.201. The van der Waals surface area contributed by atoms with Crippen LogP contribution in [0.4, 0.5) is 0 Å². The summed E-state index contributed by atoms with van der Waals surface area (Å²) in [5.74, 6) is 0. The molecule has 1 aliphatic heterocycles. The molecule has 0 bridgehead atoms. The molecule has 3 aromatic rings. The molecule has 1 aliphatic rings. The van der Waals surface area contributed by atoms with E-state index in [2.05, 4.69) is 89.2 Å². The highest BCUT2D eigenvalue weighted by Gasteiger charge is 2.08. The van der Waals surface area contributed by atoms with Gasteiger partial charge in [0, 0.05) is 6.20 Å². The molecule has 0 spiro atoms. The van der Waals surface area contributed by atoms with Crippen LogP contribution in [0.1, 0.15) is 11.6 Å². The summed E-state index contributed by atoms with van der Waals surface area (Å²) < 4.78 is 0. The van der Waals surface area contributed by atoms with E-state index in [9.17, 15) is 0 Å². The van der Waals surface area contributed by atoms with Crippen LogP contribution in [0.5, 0.6) is 0 Å². The van der Waals surface area contributed by atoms with Crippen LogP contribution < -0.4 is 5.32 Å². The van der Waals surface area contributed by atoms with E-state index in [4.69, 9.17) is 0 Å². The van der Waals surface area contributed by atoms with Crippen molar-refractivity contribution in [3.05, 3.63) is 96.7 Å². The molecule has 2 heteroatoms. The lowest BCUT2D eigenvalue weighted by atomic mass is 9.97. The van der Waals surface area contributed by atoms with Gasteiger partial charge in [0.05, 0.1) is 12.4 Å². The molecule has 1 unspecified atom stereocenters. The average Bonchev–Trinajstić information content (AvgIpc) is 2.70. The fraction of sp³-hybridized carbons (Fsp3) is 0.0455. The van der Waals surface area contributed by atoms with Crippen molar-refractivity contribution < 1.29 is 0 Å². The first-order valence-corrected chi connectivity index (χ1v) is 8.10. The predicted octanol–water partition coefficient (Wildman–Crippen LogP) is 5.21. The van der Waals surface area contributed by atoms with Gasteiger partial charge in [-0.15, -0.1) is 0 Å². The Kier molecular flexibility index (Phi) is 3.95. The fourth-order valence-electron chi connectivity index (χ4n) is 2.96. The second kappa shape index (κ2) is 6.55. The van der Waals surface area contributed by atoms with Gasteiger partial charge in [0.25, 0.3) is 0 Å². The number of aliphatic imine (C=N–C) groups is 1. The standard InChI is InChI=1S/C22H18N2/c1-2-5-17(6-3-1)20-7-4-8-21(15-20)18-9-11-19(12-10-18)22-13-14-23-16-24-22/h1-16,22H,(H,23,24). The number of benzene rings is 3. The van der Waals surface area contributed by atoms with Crippen LogP contribution in [0, 0.1) is 0 Å². The van der Waals surface area contributed by atoms with Gasteiger partial charge in [-0.1, -0.05) is 72.8 Å². The number of rotatable bonds is 3. The highest BCUT2D eigenvalue weighted by atomic mass is 15.0. The Balaban J connectivity index is 1.62. The molecule has 0 fully saturated rings. The maximum absolute atomic E-state index is 4.04. The van der Waals surface area contributed by atoms with E-state index in [1.54, 1.807) is 6.34 Å². The first kappa shape index (κ1) is 14.5. The van der Waals surface area contributed by atoms with Gasteiger partial charge < -0.3 is 5.32 Å². The summed E-state index contributed by atoms with van der Waals surface area (Å²) in [6.07, 6.45) is 5.63. The van der Waals surface area contributed by atoms with Crippen LogP contribution in [-0.4, -0.2) is 6.34 Å². The van der Waals surface area contributed by atoms with Gasteiger partial charge >= 0.3 is 0 Å². The summed E-state index contributed by atoms with van der Waals surface area (Å²) >= 11 is 0. The van der Waals surface area contributed by atoms with Crippen molar-refractivity contribution in [3.63, 3.8) is 0 Å². The number of nitrogens with zero attached hydrogens (tertiary/aromatic N) is 1. The number of nitrogens with one attached hydrogen (secondary N) is 1. The molecule has 24 heavy (non-hydrogen) atoms. The third-order valence-corrected chi connectivity index (χ3v) is 4.27. The smallest absolute Gasteiger partial charge is 0.0886 e. The Labute approximate surface area is 142 Å². The topological polar surface area (TPSA) is 24.4 Å². The summed E-state index contributed by atoms with van der Waals surface area (Å²) in [4.78, 5) is 4.04. The molecule has 0 amide bonds. The van der Waals surface area contributed by atoms with Gasteiger partial charge in [0.15, 0.2) is 0 Å². The highest BCUT2D eigenvalue weighted by Crippen LogP contribution is 2.27. The molecule has 4 rings (SSSR count). The lowest BCUT2D eigenvalue weighted by Crippen LogP contribution is -2.19. The van der Waals surface area contributed by atoms with Crippen LogP contribution in [0.25, 0.3) is 22.3 Å². The second-order valence-electron chi connectivity index (χ2n) is 5.83. The predicted molar refractivity (Wildman–Crippen MR) is 101 cm³/mol. The molecule has 1 heterocycles. The van der Waals surface area contributed by atoms with Crippen LogP contribution in [0.2, 0.25) is 0 Å². The second-order valence-corrected chi connectivity index (χ2v) is 5.83. The van der Waals surface area contributed by atoms with E-state index in [1.807, 2.05) is 12.3 Å². The lowest BCUT2D eigenvalue weighted by Gasteiger charge is -2.16. The molecule has 0 aromatic heterocycles. The van der Waals surface area contributed by atoms with Crippen molar-refractivity contribution >= 4 is 6.34 Å². The van der Waals surface area contributed by atoms with Crippen LogP contribution in [-0.2, 0) is 0 Å². The SMILES string of the molecule is C1=CC(c2ccc(-c3cccc(-c4ccccc4)c3)cc2)NC=N1. The van der Waals surface area contributed by atoms with Gasteiger partial charge in [-0.2, -0.15) is 0 Å². The molecule has 2 nitrogen and oxygen atoms in total. The van der Waals surface area contributed by atoms with Crippen molar-refractivity contribution in [3.8, 4) is 22.3 Å². The fourth-order valence-corrected chi connectivity index (χ4v) is 2.96. The Morgan fingerprint density at radius 3 is 2.00 bits per heavy atom. The third-order valence-electron chi connectivity index (χ3n) is 4.27. The van der Waals surface area contributed by atoms with Gasteiger partial charge in [-0.05, 0) is 40.0 Å². The zero-order chi connectivity index (χ0) is 16.2. The van der Waals surface area contributed by atoms with Crippen molar-refractivity contribution in [2.24, 2.45) is 4.99 Å². The van der Waals surface area contributed by atoms with Crippen molar-refractivity contribution in [1.29, 1.82) is 0 Å². The van der Waals surface area contributed by atoms with Gasteiger partial charge in [-0.25, -0.2) is 4.99 Å². The first-order chi connectivity index (χ1) is 11.9. The van der Waals surface area contributed by atoms with Gasteiger partial charge in [0.1, 0.15) is 0 Å². The van der Waals surface area contributed by atoms with Crippen LogP contribution >= 0.6 is 0 Å². The normalized spacial score (nSPS) is 15.9. The monoisotopic (exact) mass is 310 g/mol. The minimum atomic E-state index is 0.201. The van der Waals surface area contributed by atoms with Crippen molar-refractivity contribution in [2.45, 2.75) is 6.04 Å². The zero-order valence-corrected chi connectivity index (χ0v) is 13.3. The van der Waals surface area contributed by atoms with Crippen molar-refractivity contribution in [1.82, 2.24) is 5.32 Å². The van der Waals surface area contributed by atoms with Gasteiger partial charge in [-0.3, -0.25) is 0 Å². The molecule has 0 radical (unpaired) electrons. The van der Waals surface area contributed by atoms with E-state index in [-0.39, 0.29) is 6.04 Å². The summed E-state index contributed by atoms with van der Waals surface area (Å²) in [5, 5.41) is 3.25. The third kappa shape index (κ3) is 2.99. The molecule has 0 saturated carbocycles.